The molecule has 2 aromatic carbocycles. The fraction of sp³-hybridized carbons (Fsp3) is 0.280. The Kier molecular flexibility index (Phi) is 6.87. The number of hydrogen-bond donors (Lipinski definition) is 2. The van der Waals surface area contributed by atoms with Crippen molar-refractivity contribution >= 4 is 33.8 Å². The molecule has 1 saturated heterocycles. The highest BCUT2D eigenvalue weighted by Gasteiger charge is 2.22. The van der Waals surface area contributed by atoms with Crippen LogP contribution in [0.1, 0.15) is 35.1 Å². The van der Waals surface area contributed by atoms with E-state index in [4.69, 9.17) is 4.74 Å². The Bertz CT molecular complexity index is 1090. The number of nitrogens with one attached hydrogen (secondary N) is 2. The van der Waals surface area contributed by atoms with Gasteiger partial charge >= 0.3 is 0 Å². The molecule has 1 aliphatic rings. The minimum atomic E-state index is -0.203. The number of carbonyl (C=O) groups is 2. The van der Waals surface area contributed by atoms with Crippen LogP contribution in [0, 0.1) is 0 Å². The monoisotopic (exact) mass is 449 g/mol. The Labute approximate surface area is 192 Å². The highest BCUT2D eigenvalue weighted by Crippen LogP contribution is 2.39. The van der Waals surface area contributed by atoms with Crippen molar-refractivity contribution in [3.8, 4) is 11.1 Å². The molecule has 3 aromatic rings. The summed E-state index contributed by atoms with van der Waals surface area (Å²) in [5, 5.41) is 6.99. The third-order valence-electron chi connectivity index (χ3n) is 5.37. The molecule has 1 aliphatic heterocycles. The molecule has 0 spiro atoms. The van der Waals surface area contributed by atoms with Gasteiger partial charge in [0.25, 0.3) is 5.91 Å². The van der Waals surface area contributed by atoms with Crippen LogP contribution in [0.4, 0.5) is 10.7 Å². The van der Waals surface area contributed by atoms with E-state index in [-0.39, 0.29) is 17.9 Å². The minimum Gasteiger partial charge on any atom is -0.378 e. The number of anilines is 2. The van der Waals surface area contributed by atoms with Crippen molar-refractivity contribution in [3.05, 3.63) is 71.1 Å². The highest BCUT2D eigenvalue weighted by molar-refractivity contribution is 7.18. The number of carbonyl (C=O) groups excluding carboxylic acids is 2. The van der Waals surface area contributed by atoms with Gasteiger partial charge in [0.05, 0.1) is 29.1 Å². The first-order chi connectivity index (χ1) is 15.5. The third-order valence-corrected chi connectivity index (χ3v) is 6.57. The summed E-state index contributed by atoms with van der Waals surface area (Å²) in [7, 11) is 0. The van der Waals surface area contributed by atoms with Crippen LogP contribution in [0.3, 0.4) is 0 Å². The van der Waals surface area contributed by atoms with E-state index in [0.29, 0.717) is 23.8 Å². The summed E-state index contributed by atoms with van der Waals surface area (Å²) >= 11 is 1.52. The van der Waals surface area contributed by atoms with Crippen molar-refractivity contribution < 1.29 is 14.3 Å². The number of morpholine rings is 1. The maximum Gasteiger partial charge on any atom is 0.261 e. The van der Waals surface area contributed by atoms with E-state index >= 15 is 0 Å². The fourth-order valence-corrected chi connectivity index (χ4v) is 4.89. The molecule has 2 N–H and O–H groups in total. The third kappa shape index (κ3) is 5.18. The zero-order valence-corrected chi connectivity index (χ0v) is 19.1. The van der Waals surface area contributed by atoms with Crippen LogP contribution >= 0.6 is 11.3 Å². The average Bonchev–Trinajstić information content (AvgIpc) is 3.26. The van der Waals surface area contributed by atoms with Gasteiger partial charge in [0.1, 0.15) is 0 Å². The number of amides is 2. The van der Waals surface area contributed by atoms with E-state index in [2.05, 4.69) is 27.7 Å². The van der Waals surface area contributed by atoms with Gasteiger partial charge < -0.3 is 20.3 Å². The van der Waals surface area contributed by atoms with Crippen molar-refractivity contribution in [2.24, 2.45) is 0 Å². The number of thiophene rings is 1. The largest absolute Gasteiger partial charge is 0.378 e. The van der Waals surface area contributed by atoms with Crippen LogP contribution in [0.25, 0.3) is 11.1 Å². The molecule has 6 nitrogen and oxygen atoms in total. The van der Waals surface area contributed by atoms with E-state index in [1.165, 1.54) is 18.3 Å². The molecular weight excluding hydrogens is 422 g/mol. The minimum absolute atomic E-state index is 0.107. The molecule has 32 heavy (non-hydrogen) atoms. The van der Waals surface area contributed by atoms with Crippen molar-refractivity contribution in [2.45, 2.75) is 19.9 Å². The van der Waals surface area contributed by atoms with Crippen LogP contribution in [-0.2, 0) is 9.53 Å². The number of ether oxygens (including phenoxy) is 1. The molecule has 166 valence electrons. The van der Waals surface area contributed by atoms with Crippen LogP contribution < -0.4 is 15.5 Å². The number of rotatable bonds is 6. The lowest BCUT2D eigenvalue weighted by Gasteiger charge is -2.28. The van der Waals surface area contributed by atoms with Crippen molar-refractivity contribution in [3.63, 3.8) is 0 Å². The molecule has 0 aliphatic carbocycles. The molecule has 0 saturated carbocycles. The second kappa shape index (κ2) is 9.97. The van der Waals surface area contributed by atoms with Gasteiger partial charge in [-0.25, -0.2) is 0 Å². The van der Waals surface area contributed by atoms with Crippen molar-refractivity contribution in [1.29, 1.82) is 0 Å². The standard InChI is InChI=1S/C25H27N3O3S/c1-17(20-9-6-10-21(15-20)27-18(2)29)26-24(30)23-16-22(19-7-4-3-5-8-19)25(32-23)28-11-13-31-14-12-28/h3-10,15-17H,11-14H2,1-2H3,(H,26,30)(H,27,29). The average molecular weight is 450 g/mol. The maximum atomic E-state index is 13.2. The molecule has 0 radical (unpaired) electrons. The molecule has 2 heterocycles. The van der Waals surface area contributed by atoms with Crippen LogP contribution in [0.15, 0.2) is 60.7 Å². The number of nitrogens with zero attached hydrogens (tertiary/aromatic N) is 1. The first kappa shape index (κ1) is 22.0. The van der Waals surface area contributed by atoms with Crippen LogP contribution in [0.5, 0.6) is 0 Å². The quantitative estimate of drug-likeness (QED) is 0.572. The van der Waals surface area contributed by atoms with Gasteiger partial charge in [-0.3, -0.25) is 9.59 Å². The zero-order valence-electron chi connectivity index (χ0n) is 18.3. The van der Waals surface area contributed by atoms with Crippen molar-refractivity contribution in [2.75, 3.05) is 36.5 Å². The molecule has 1 aromatic heterocycles. The molecule has 1 atom stereocenters. The Morgan fingerprint density at radius 1 is 1.03 bits per heavy atom. The Hall–Kier alpha value is -3.16. The SMILES string of the molecule is CC(=O)Nc1cccc(C(C)NC(=O)c2cc(-c3ccccc3)c(N3CCOCC3)s2)c1. The maximum absolute atomic E-state index is 13.2. The molecule has 1 unspecified atom stereocenters. The lowest BCUT2D eigenvalue weighted by Crippen LogP contribution is -2.35. The van der Waals surface area contributed by atoms with Crippen LogP contribution in [-0.4, -0.2) is 38.1 Å². The second-order valence-electron chi connectivity index (χ2n) is 7.80. The molecule has 4 rings (SSSR count). The summed E-state index contributed by atoms with van der Waals surface area (Å²) in [5.74, 6) is -0.231. The highest BCUT2D eigenvalue weighted by atomic mass is 32.1. The number of hydrogen-bond acceptors (Lipinski definition) is 5. The summed E-state index contributed by atoms with van der Waals surface area (Å²) in [4.78, 5) is 27.5. The normalized spacial score (nSPS) is 14.6. The van der Waals surface area contributed by atoms with Gasteiger partial charge in [0.2, 0.25) is 5.91 Å². The summed E-state index contributed by atoms with van der Waals surface area (Å²) in [6, 6.07) is 19.5. The van der Waals surface area contributed by atoms with Crippen molar-refractivity contribution in [1.82, 2.24) is 5.32 Å². The van der Waals surface area contributed by atoms with E-state index in [0.717, 1.165) is 34.8 Å². The van der Waals surface area contributed by atoms with E-state index in [1.54, 1.807) is 0 Å². The van der Waals surface area contributed by atoms with Gasteiger partial charge in [-0.1, -0.05) is 42.5 Å². The van der Waals surface area contributed by atoms with E-state index < -0.39 is 0 Å². The van der Waals surface area contributed by atoms with Gasteiger partial charge in [0, 0.05) is 31.3 Å². The Balaban J connectivity index is 1.57. The Morgan fingerprint density at radius 2 is 1.78 bits per heavy atom. The summed E-state index contributed by atoms with van der Waals surface area (Å²) in [6.45, 7) is 6.43. The molecule has 7 heteroatoms. The summed E-state index contributed by atoms with van der Waals surface area (Å²) in [5.41, 5.74) is 3.81. The topological polar surface area (TPSA) is 70.7 Å². The Morgan fingerprint density at radius 3 is 2.50 bits per heavy atom. The first-order valence-electron chi connectivity index (χ1n) is 10.7. The summed E-state index contributed by atoms with van der Waals surface area (Å²) < 4.78 is 5.51. The van der Waals surface area contributed by atoms with Gasteiger partial charge in [-0.05, 0) is 36.2 Å². The van der Waals surface area contributed by atoms with E-state index in [1.807, 2.05) is 55.5 Å². The molecule has 2 amide bonds. The van der Waals surface area contributed by atoms with Crippen LogP contribution in [0.2, 0.25) is 0 Å². The van der Waals surface area contributed by atoms with Gasteiger partial charge in [0.15, 0.2) is 0 Å². The lowest BCUT2D eigenvalue weighted by molar-refractivity contribution is -0.114. The molecule has 1 fully saturated rings. The lowest BCUT2D eigenvalue weighted by atomic mass is 10.1. The summed E-state index contributed by atoms with van der Waals surface area (Å²) in [6.07, 6.45) is 0. The smallest absolute Gasteiger partial charge is 0.261 e. The molecular formula is C25H27N3O3S. The van der Waals surface area contributed by atoms with Gasteiger partial charge in [-0.15, -0.1) is 11.3 Å². The predicted molar refractivity (Wildman–Crippen MR) is 129 cm³/mol. The predicted octanol–water partition coefficient (Wildman–Crippen LogP) is 4.70. The van der Waals surface area contributed by atoms with E-state index in [9.17, 15) is 9.59 Å². The fourth-order valence-electron chi connectivity index (χ4n) is 3.76. The first-order valence-corrected chi connectivity index (χ1v) is 11.5. The zero-order chi connectivity index (χ0) is 22.5. The second-order valence-corrected chi connectivity index (χ2v) is 8.83. The number of benzene rings is 2. The molecule has 0 bridgehead atoms. The van der Waals surface area contributed by atoms with Gasteiger partial charge in [-0.2, -0.15) is 0 Å².